The second kappa shape index (κ2) is 4.35. The van der Waals surface area contributed by atoms with Gasteiger partial charge in [0.1, 0.15) is 11.0 Å². The Bertz CT molecular complexity index is 858. The first-order chi connectivity index (χ1) is 10.9. The summed E-state index contributed by atoms with van der Waals surface area (Å²) < 4.78 is 0. The summed E-state index contributed by atoms with van der Waals surface area (Å²) in [4.78, 5) is 20.4. The number of carbonyl (C=O) groups excluding carboxylic acids is 1. The zero-order chi connectivity index (χ0) is 16.4. The summed E-state index contributed by atoms with van der Waals surface area (Å²) in [5.74, 6) is 0.248. The van der Waals surface area contributed by atoms with E-state index in [0.29, 0.717) is 11.4 Å². The van der Waals surface area contributed by atoms with Gasteiger partial charge in [-0.15, -0.1) is 11.3 Å². The number of fused-ring (bicyclic) bond motifs is 2. The third-order valence-electron chi connectivity index (χ3n) is 5.22. The van der Waals surface area contributed by atoms with Crippen molar-refractivity contribution in [2.24, 2.45) is 10.7 Å². The van der Waals surface area contributed by atoms with Gasteiger partial charge < -0.3 is 11.5 Å². The zero-order valence-electron chi connectivity index (χ0n) is 13.0. The molecule has 5 nitrogen and oxygen atoms in total. The van der Waals surface area contributed by atoms with Gasteiger partial charge in [0.15, 0.2) is 5.96 Å². The molecule has 2 heterocycles. The molecule has 6 heteroatoms. The number of likely N-dealkylation sites (N-methyl/N-ethyl adjacent to an activating group) is 1. The number of nitrogens with two attached hydrogens (primary N) is 2. The normalized spacial score (nSPS) is 29.2. The van der Waals surface area contributed by atoms with Gasteiger partial charge in [0.2, 0.25) is 5.91 Å². The molecule has 4 N–H and O–H groups in total. The summed E-state index contributed by atoms with van der Waals surface area (Å²) in [5.41, 5.74) is 12.8. The van der Waals surface area contributed by atoms with Gasteiger partial charge in [-0.25, -0.2) is 4.99 Å². The third kappa shape index (κ3) is 1.56. The van der Waals surface area contributed by atoms with Crippen LogP contribution >= 0.6 is 11.3 Å². The van der Waals surface area contributed by atoms with E-state index in [0.717, 1.165) is 10.4 Å². The van der Waals surface area contributed by atoms with E-state index in [1.807, 2.05) is 37.3 Å². The van der Waals surface area contributed by atoms with Crippen molar-refractivity contribution in [3.05, 3.63) is 52.4 Å². The maximum atomic E-state index is 13.2. The van der Waals surface area contributed by atoms with E-state index in [4.69, 9.17) is 16.5 Å². The maximum Gasteiger partial charge on any atom is 0.242 e. The van der Waals surface area contributed by atoms with Crippen molar-refractivity contribution in [2.45, 2.75) is 24.3 Å². The fraction of sp³-hybridized carbons (Fsp3) is 0.294. The van der Waals surface area contributed by atoms with Gasteiger partial charge in [-0.3, -0.25) is 9.69 Å². The summed E-state index contributed by atoms with van der Waals surface area (Å²) in [6.45, 7) is 1.99. The van der Waals surface area contributed by atoms with Crippen LogP contribution in [-0.4, -0.2) is 23.8 Å². The average Bonchev–Trinajstić information content (AvgIpc) is 2.93. The van der Waals surface area contributed by atoms with E-state index in [2.05, 4.69) is 6.07 Å². The number of anilines is 1. The summed E-state index contributed by atoms with van der Waals surface area (Å²) in [7, 11) is 1.69. The minimum absolute atomic E-state index is 0.00169. The number of nitrogens with zero attached hydrogens (tertiary/aromatic N) is 2. The highest BCUT2D eigenvalue weighted by Crippen LogP contribution is 2.58. The van der Waals surface area contributed by atoms with E-state index in [1.54, 1.807) is 7.05 Å². The van der Waals surface area contributed by atoms with Crippen LogP contribution in [0.4, 0.5) is 5.00 Å². The summed E-state index contributed by atoms with van der Waals surface area (Å²) in [6, 6.07) is 11.9. The Hall–Kier alpha value is -2.34. The molecule has 1 aliphatic carbocycles. The maximum absolute atomic E-state index is 13.2. The predicted octanol–water partition coefficient (Wildman–Crippen LogP) is 1.83. The second-order valence-corrected chi connectivity index (χ2v) is 7.46. The Kier molecular flexibility index (Phi) is 2.70. The van der Waals surface area contributed by atoms with Crippen LogP contribution in [0.1, 0.15) is 22.9 Å². The minimum Gasteiger partial charge on any atom is -0.391 e. The van der Waals surface area contributed by atoms with Gasteiger partial charge in [-0.2, -0.15) is 0 Å². The van der Waals surface area contributed by atoms with Crippen molar-refractivity contribution in [1.29, 1.82) is 0 Å². The molecule has 1 aromatic carbocycles. The molecule has 2 atom stereocenters. The van der Waals surface area contributed by atoms with Crippen LogP contribution < -0.4 is 11.5 Å². The molecule has 23 heavy (non-hydrogen) atoms. The van der Waals surface area contributed by atoms with Crippen LogP contribution in [0.25, 0.3) is 0 Å². The summed E-state index contributed by atoms with van der Waals surface area (Å²) in [5, 5.41) is 0.712. The van der Waals surface area contributed by atoms with Gasteiger partial charge in [-0.05, 0) is 36.6 Å². The molecule has 0 saturated carbocycles. The number of carbonyl (C=O) groups is 1. The predicted molar refractivity (Wildman–Crippen MR) is 92.3 cm³/mol. The fourth-order valence-corrected chi connectivity index (χ4v) is 4.81. The molecule has 1 aliphatic heterocycles. The van der Waals surface area contributed by atoms with E-state index < -0.39 is 11.0 Å². The molecule has 0 saturated heterocycles. The molecule has 0 bridgehead atoms. The first-order valence-electron chi connectivity index (χ1n) is 7.48. The molecule has 1 amide bonds. The monoisotopic (exact) mass is 326 g/mol. The highest BCUT2D eigenvalue weighted by Gasteiger charge is 2.65. The minimum atomic E-state index is -0.739. The van der Waals surface area contributed by atoms with Crippen LogP contribution in [0.15, 0.2) is 41.4 Å². The van der Waals surface area contributed by atoms with Crippen LogP contribution in [0.2, 0.25) is 0 Å². The largest absolute Gasteiger partial charge is 0.391 e. The molecule has 2 aliphatic rings. The van der Waals surface area contributed by atoms with Crippen molar-refractivity contribution in [1.82, 2.24) is 4.90 Å². The van der Waals surface area contributed by atoms with Crippen LogP contribution in [-0.2, 0) is 22.2 Å². The lowest BCUT2D eigenvalue weighted by molar-refractivity contribution is -0.138. The summed E-state index contributed by atoms with van der Waals surface area (Å²) >= 11 is 1.47. The number of amides is 1. The van der Waals surface area contributed by atoms with E-state index in [9.17, 15) is 4.79 Å². The van der Waals surface area contributed by atoms with Crippen molar-refractivity contribution in [3.8, 4) is 0 Å². The zero-order valence-corrected chi connectivity index (χ0v) is 13.9. The molecule has 0 radical (unpaired) electrons. The van der Waals surface area contributed by atoms with E-state index in [-0.39, 0.29) is 11.9 Å². The van der Waals surface area contributed by atoms with Gasteiger partial charge >= 0.3 is 0 Å². The van der Waals surface area contributed by atoms with Crippen molar-refractivity contribution in [2.75, 3.05) is 12.8 Å². The standard InChI is InChI=1S/C17H18N4OS/c1-16(12-7-8-13(18)23-12)17(14(22)21(2)15(19)20-16)9-10-5-3-4-6-11(10)17/h3-8H,9,18H2,1-2H3,(H2,19,20)/t16-,17+/m1/s1. The second-order valence-electron chi connectivity index (χ2n) is 6.35. The molecular weight excluding hydrogens is 308 g/mol. The molecule has 2 aromatic rings. The number of rotatable bonds is 1. The molecule has 1 aromatic heterocycles. The Labute approximate surface area is 138 Å². The highest BCUT2D eigenvalue weighted by atomic mass is 32.1. The highest BCUT2D eigenvalue weighted by molar-refractivity contribution is 7.16. The smallest absolute Gasteiger partial charge is 0.242 e. The SMILES string of the molecule is CN1C(=O)[C@@]2(Cc3ccccc32)[C@@](C)(c2ccc(N)s2)N=C1N. The van der Waals surface area contributed by atoms with E-state index in [1.165, 1.54) is 21.8 Å². The molecule has 118 valence electrons. The lowest BCUT2D eigenvalue weighted by Crippen LogP contribution is -2.67. The Morgan fingerprint density at radius 3 is 2.61 bits per heavy atom. The van der Waals surface area contributed by atoms with Gasteiger partial charge in [0.05, 0.1) is 5.00 Å². The topological polar surface area (TPSA) is 84.7 Å². The molecule has 0 fully saturated rings. The number of aliphatic imine (C=N–C) groups is 1. The van der Waals surface area contributed by atoms with Crippen LogP contribution in [0.3, 0.4) is 0 Å². The van der Waals surface area contributed by atoms with Gasteiger partial charge in [0.25, 0.3) is 0 Å². The number of benzene rings is 1. The van der Waals surface area contributed by atoms with Crippen molar-refractivity contribution < 1.29 is 4.79 Å². The number of hydrogen-bond donors (Lipinski definition) is 2. The number of nitrogen functional groups attached to an aromatic ring is 1. The molecule has 4 rings (SSSR count). The van der Waals surface area contributed by atoms with Crippen molar-refractivity contribution in [3.63, 3.8) is 0 Å². The first kappa shape index (κ1) is 14.3. The number of hydrogen-bond acceptors (Lipinski definition) is 5. The Balaban J connectivity index is 2.01. The average molecular weight is 326 g/mol. The molecule has 1 spiro atoms. The van der Waals surface area contributed by atoms with Crippen molar-refractivity contribution >= 4 is 28.2 Å². The first-order valence-corrected chi connectivity index (χ1v) is 8.29. The lowest BCUT2D eigenvalue weighted by Gasteiger charge is -2.55. The third-order valence-corrected chi connectivity index (χ3v) is 6.35. The number of guanidine groups is 1. The molecule has 0 unspecified atom stereocenters. The van der Waals surface area contributed by atoms with Gasteiger partial charge in [-0.1, -0.05) is 24.3 Å². The van der Waals surface area contributed by atoms with Crippen LogP contribution in [0.5, 0.6) is 0 Å². The van der Waals surface area contributed by atoms with Crippen LogP contribution in [0, 0.1) is 0 Å². The number of thiophene rings is 1. The lowest BCUT2D eigenvalue weighted by atomic mass is 9.53. The Morgan fingerprint density at radius 1 is 1.22 bits per heavy atom. The fourth-order valence-electron chi connectivity index (χ4n) is 3.87. The Morgan fingerprint density at radius 2 is 1.96 bits per heavy atom. The molecular formula is C17H18N4OS. The quantitative estimate of drug-likeness (QED) is 0.838. The van der Waals surface area contributed by atoms with E-state index >= 15 is 0 Å². The summed E-state index contributed by atoms with van der Waals surface area (Å²) in [6.07, 6.45) is 0.664. The van der Waals surface area contributed by atoms with Gasteiger partial charge in [0, 0.05) is 11.9 Å².